The number of hydrogen-bond donors (Lipinski definition) is 2. The summed E-state index contributed by atoms with van der Waals surface area (Å²) in [5.41, 5.74) is 0.346. The molecule has 1 saturated heterocycles. The Morgan fingerprint density at radius 2 is 1.55 bits per heavy atom. The molecular formula is C29H26N2O6S. The predicted octanol–water partition coefficient (Wildman–Crippen LogP) is 3.71. The topological polar surface area (TPSA) is 105 Å². The molecule has 1 fully saturated rings. The highest BCUT2D eigenvalue weighted by Crippen LogP contribution is 2.46. The van der Waals surface area contributed by atoms with Crippen LogP contribution in [-0.2, 0) is 30.3 Å². The maximum absolute atomic E-state index is 13.5. The molecule has 9 heteroatoms. The van der Waals surface area contributed by atoms with E-state index in [1.807, 2.05) is 91.0 Å². The second-order valence-corrected chi connectivity index (χ2v) is 9.96. The van der Waals surface area contributed by atoms with Crippen molar-refractivity contribution in [2.45, 2.75) is 23.6 Å². The predicted molar refractivity (Wildman–Crippen MR) is 142 cm³/mol. The number of benzene rings is 3. The summed E-state index contributed by atoms with van der Waals surface area (Å²) in [6.45, 7) is 0. The number of carbonyl (C=O) groups is 3. The number of fused-ring (bicyclic) bond motifs is 1. The van der Waals surface area contributed by atoms with Crippen molar-refractivity contribution < 1.29 is 29.0 Å². The van der Waals surface area contributed by atoms with Crippen LogP contribution in [0.2, 0.25) is 0 Å². The SMILES string of the molecule is COC1(NC(=O)Cc2ccccc2)C(=O)N2C(C(=O)OC(c3ccccc3)c3ccccc3)=C(O)CS[C@H]21. The van der Waals surface area contributed by atoms with E-state index < -0.39 is 35.0 Å². The Bertz CT molecular complexity index is 1330. The van der Waals surface area contributed by atoms with Crippen LogP contribution in [-0.4, -0.2) is 51.8 Å². The molecule has 38 heavy (non-hydrogen) atoms. The van der Waals surface area contributed by atoms with Gasteiger partial charge in [0.1, 0.15) is 11.1 Å². The zero-order valence-corrected chi connectivity index (χ0v) is 21.4. The van der Waals surface area contributed by atoms with Gasteiger partial charge in [-0.2, -0.15) is 0 Å². The Hall–Kier alpha value is -4.08. The summed E-state index contributed by atoms with van der Waals surface area (Å²) in [6, 6.07) is 27.6. The minimum absolute atomic E-state index is 0.0416. The number of β-lactam (4-membered cyclic amide) rings is 1. The van der Waals surface area contributed by atoms with E-state index in [0.29, 0.717) is 0 Å². The van der Waals surface area contributed by atoms with Gasteiger partial charge >= 0.3 is 5.97 Å². The molecule has 2 aliphatic heterocycles. The van der Waals surface area contributed by atoms with Crippen LogP contribution in [0.25, 0.3) is 0 Å². The average molecular weight is 531 g/mol. The normalized spacial score (nSPS) is 20.5. The van der Waals surface area contributed by atoms with E-state index in [9.17, 15) is 19.5 Å². The fraction of sp³-hybridized carbons (Fsp3) is 0.207. The van der Waals surface area contributed by atoms with Crippen molar-refractivity contribution >= 4 is 29.5 Å². The van der Waals surface area contributed by atoms with Crippen molar-refractivity contribution in [2.24, 2.45) is 0 Å². The van der Waals surface area contributed by atoms with Crippen LogP contribution in [0.3, 0.4) is 0 Å². The summed E-state index contributed by atoms with van der Waals surface area (Å²) in [5.74, 6) is -2.14. The summed E-state index contributed by atoms with van der Waals surface area (Å²) in [7, 11) is 1.33. The molecule has 3 aromatic carbocycles. The first kappa shape index (κ1) is 25.6. The second-order valence-electron chi connectivity index (χ2n) is 8.89. The Balaban J connectivity index is 1.38. The summed E-state index contributed by atoms with van der Waals surface area (Å²) >= 11 is 1.19. The van der Waals surface area contributed by atoms with Gasteiger partial charge in [-0.3, -0.25) is 14.5 Å². The fourth-order valence-corrected chi connectivity index (χ4v) is 5.93. The fourth-order valence-electron chi connectivity index (χ4n) is 4.63. The molecule has 0 bridgehead atoms. The van der Waals surface area contributed by atoms with Crippen LogP contribution in [0.15, 0.2) is 102 Å². The quantitative estimate of drug-likeness (QED) is 0.260. The van der Waals surface area contributed by atoms with Gasteiger partial charge in [0, 0.05) is 7.11 Å². The van der Waals surface area contributed by atoms with Gasteiger partial charge in [-0.25, -0.2) is 4.79 Å². The molecule has 5 rings (SSSR count). The highest BCUT2D eigenvalue weighted by molar-refractivity contribution is 8.00. The molecule has 0 aromatic heterocycles. The summed E-state index contributed by atoms with van der Waals surface area (Å²) in [5, 5.41) is 12.6. The second kappa shape index (κ2) is 10.7. The van der Waals surface area contributed by atoms with Gasteiger partial charge < -0.3 is 19.9 Å². The lowest BCUT2D eigenvalue weighted by Gasteiger charge is -2.55. The van der Waals surface area contributed by atoms with E-state index in [1.165, 1.54) is 18.9 Å². The van der Waals surface area contributed by atoms with Crippen LogP contribution in [0.4, 0.5) is 0 Å². The first-order valence-corrected chi connectivity index (χ1v) is 13.1. The third kappa shape index (κ3) is 4.66. The Morgan fingerprint density at radius 3 is 2.11 bits per heavy atom. The number of ether oxygens (including phenoxy) is 2. The van der Waals surface area contributed by atoms with Gasteiger partial charge in [-0.1, -0.05) is 91.0 Å². The molecule has 2 atom stereocenters. The minimum atomic E-state index is -1.67. The number of aliphatic hydroxyl groups is 1. The minimum Gasteiger partial charge on any atom is -0.509 e. The number of rotatable bonds is 8. The molecule has 3 aromatic rings. The smallest absolute Gasteiger partial charge is 0.359 e. The zero-order chi connectivity index (χ0) is 26.7. The molecule has 0 aliphatic carbocycles. The Labute approximate surface area is 224 Å². The van der Waals surface area contributed by atoms with Gasteiger partial charge in [0.2, 0.25) is 5.91 Å². The molecule has 8 nitrogen and oxygen atoms in total. The maximum Gasteiger partial charge on any atom is 0.359 e. The Morgan fingerprint density at radius 1 is 1.00 bits per heavy atom. The number of methoxy groups -OCH3 is 1. The number of aliphatic hydroxyl groups excluding tert-OH is 1. The standard InChI is InChI=1S/C29H26N2O6S/c1-36-29(30-23(33)17-19-11-5-2-6-12-19)27(35)31-24(22(32)18-38-28(29)31)26(34)37-25(20-13-7-3-8-14-20)21-15-9-4-10-16-21/h2-16,25,28,32H,17-18H2,1H3,(H,30,33)/t28-,29?/m0/s1. The number of nitrogens with zero attached hydrogens (tertiary/aromatic N) is 1. The van der Waals surface area contributed by atoms with Gasteiger partial charge in [0.25, 0.3) is 11.6 Å². The molecule has 2 heterocycles. The lowest BCUT2D eigenvalue weighted by atomic mass is 9.98. The van der Waals surface area contributed by atoms with Crippen molar-refractivity contribution in [3.05, 3.63) is 119 Å². The first-order valence-electron chi connectivity index (χ1n) is 12.0. The lowest BCUT2D eigenvalue weighted by molar-refractivity contribution is -0.193. The number of esters is 1. The summed E-state index contributed by atoms with van der Waals surface area (Å²) in [6.07, 6.45) is -0.699. The largest absolute Gasteiger partial charge is 0.509 e. The van der Waals surface area contributed by atoms with Crippen molar-refractivity contribution in [3.63, 3.8) is 0 Å². The van der Waals surface area contributed by atoms with Gasteiger partial charge in [0.15, 0.2) is 11.8 Å². The van der Waals surface area contributed by atoms with Crippen molar-refractivity contribution in [1.29, 1.82) is 0 Å². The lowest BCUT2D eigenvalue weighted by Crippen LogP contribution is -2.80. The van der Waals surface area contributed by atoms with Gasteiger partial charge in [-0.05, 0) is 16.7 Å². The molecule has 2 N–H and O–H groups in total. The number of thioether (sulfide) groups is 1. The number of nitrogens with one attached hydrogen (secondary N) is 1. The van der Waals surface area contributed by atoms with Crippen LogP contribution in [0.1, 0.15) is 22.8 Å². The van der Waals surface area contributed by atoms with Crippen molar-refractivity contribution in [2.75, 3.05) is 12.9 Å². The Kier molecular flexibility index (Phi) is 7.22. The van der Waals surface area contributed by atoms with E-state index in [0.717, 1.165) is 21.6 Å². The third-order valence-corrected chi connectivity index (χ3v) is 7.79. The van der Waals surface area contributed by atoms with Crippen LogP contribution in [0, 0.1) is 0 Å². The number of hydrogen-bond acceptors (Lipinski definition) is 7. The van der Waals surface area contributed by atoms with Gasteiger partial charge in [-0.15, -0.1) is 11.8 Å². The number of amides is 2. The molecule has 1 unspecified atom stereocenters. The molecule has 2 amide bonds. The molecule has 0 spiro atoms. The van der Waals surface area contributed by atoms with E-state index >= 15 is 0 Å². The van der Waals surface area contributed by atoms with Gasteiger partial charge in [0.05, 0.1) is 12.2 Å². The van der Waals surface area contributed by atoms with E-state index in [-0.39, 0.29) is 23.6 Å². The highest BCUT2D eigenvalue weighted by atomic mass is 32.2. The number of carbonyl (C=O) groups excluding carboxylic acids is 3. The highest BCUT2D eigenvalue weighted by Gasteiger charge is 2.67. The first-order chi connectivity index (χ1) is 18.4. The monoisotopic (exact) mass is 530 g/mol. The average Bonchev–Trinajstić information content (AvgIpc) is 2.95. The van der Waals surface area contributed by atoms with E-state index in [1.54, 1.807) is 0 Å². The molecule has 0 saturated carbocycles. The third-order valence-electron chi connectivity index (χ3n) is 6.49. The molecule has 2 aliphatic rings. The zero-order valence-electron chi connectivity index (χ0n) is 20.6. The van der Waals surface area contributed by atoms with E-state index in [4.69, 9.17) is 9.47 Å². The molecular weight excluding hydrogens is 504 g/mol. The van der Waals surface area contributed by atoms with Crippen LogP contribution < -0.4 is 5.32 Å². The van der Waals surface area contributed by atoms with Crippen molar-refractivity contribution in [1.82, 2.24) is 10.2 Å². The summed E-state index contributed by atoms with van der Waals surface area (Å²) < 4.78 is 11.5. The van der Waals surface area contributed by atoms with E-state index in [2.05, 4.69) is 5.32 Å². The van der Waals surface area contributed by atoms with Crippen molar-refractivity contribution in [3.8, 4) is 0 Å². The molecule has 194 valence electrons. The summed E-state index contributed by atoms with van der Waals surface area (Å²) in [4.78, 5) is 40.9. The van der Waals surface area contributed by atoms with Crippen LogP contribution in [0.5, 0.6) is 0 Å². The molecule has 0 radical (unpaired) electrons. The maximum atomic E-state index is 13.5. The van der Waals surface area contributed by atoms with Crippen LogP contribution >= 0.6 is 11.8 Å².